The molecule has 162 valence electrons. The van der Waals surface area contributed by atoms with E-state index in [-0.39, 0.29) is 17.3 Å². The van der Waals surface area contributed by atoms with E-state index in [2.05, 4.69) is 26.0 Å². The second kappa shape index (κ2) is 10.3. The molecule has 0 radical (unpaired) electrons. The molecule has 2 rings (SSSR count). The maximum Gasteiger partial charge on any atom is 0.573 e. The smallest absolute Gasteiger partial charge is 0.496 e. The summed E-state index contributed by atoms with van der Waals surface area (Å²) in [6, 6.07) is 8.56. The lowest BCUT2D eigenvalue weighted by Gasteiger charge is -2.13. The van der Waals surface area contributed by atoms with E-state index in [4.69, 9.17) is 4.74 Å². The summed E-state index contributed by atoms with van der Waals surface area (Å²) >= 11 is 0. The van der Waals surface area contributed by atoms with Gasteiger partial charge in [-0.15, -0.1) is 13.2 Å². The zero-order valence-corrected chi connectivity index (χ0v) is 16.2. The number of alkyl halides is 3. The molecule has 30 heavy (non-hydrogen) atoms. The lowest BCUT2D eigenvalue weighted by Crippen LogP contribution is -2.30. The van der Waals surface area contributed by atoms with E-state index in [1.165, 1.54) is 37.4 Å². The summed E-state index contributed by atoms with van der Waals surface area (Å²) < 4.78 is 45.5. The van der Waals surface area contributed by atoms with Gasteiger partial charge in [0.25, 0.3) is 5.91 Å². The highest BCUT2D eigenvalue weighted by Crippen LogP contribution is 2.25. The van der Waals surface area contributed by atoms with Crippen LogP contribution in [0.1, 0.15) is 10.4 Å². The number of amides is 3. The largest absolute Gasteiger partial charge is 0.573 e. The molecule has 0 aromatic heterocycles. The summed E-state index contributed by atoms with van der Waals surface area (Å²) in [4.78, 5) is 24.3. The van der Waals surface area contributed by atoms with Gasteiger partial charge < -0.3 is 30.7 Å². The van der Waals surface area contributed by atoms with Crippen LogP contribution >= 0.6 is 0 Å². The Bertz CT molecular complexity index is 873. The molecule has 0 heterocycles. The van der Waals surface area contributed by atoms with E-state index >= 15 is 0 Å². The van der Waals surface area contributed by atoms with Crippen LogP contribution in [0, 0.1) is 0 Å². The predicted molar refractivity (Wildman–Crippen MR) is 105 cm³/mol. The molecule has 0 unspecified atom stereocenters. The van der Waals surface area contributed by atoms with Gasteiger partial charge in [0.2, 0.25) is 0 Å². The summed E-state index contributed by atoms with van der Waals surface area (Å²) in [6.07, 6.45) is -4.79. The molecule has 2 aromatic carbocycles. The summed E-state index contributed by atoms with van der Waals surface area (Å²) in [5.41, 5.74) is 0.919. The number of methoxy groups -OCH3 is 1. The van der Waals surface area contributed by atoms with Crippen LogP contribution in [0.3, 0.4) is 0 Å². The zero-order valence-electron chi connectivity index (χ0n) is 16.2. The highest BCUT2D eigenvalue weighted by Gasteiger charge is 2.30. The standard InChI is InChI=1S/C19H21F3N4O4/c1-23-9-10-24-17(27)15-8-5-13(11-16(15)29-2)26-18(28)25-12-3-6-14(7-4-12)30-19(20,21)22/h3-8,11,23H,9-10H2,1-2H3,(H,24,27)(H2,25,26,28). The van der Waals surface area contributed by atoms with Gasteiger partial charge in [-0.05, 0) is 43.4 Å². The fourth-order valence-corrected chi connectivity index (χ4v) is 2.39. The van der Waals surface area contributed by atoms with Crippen molar-refractivity contribution in [1.29, 1.82) is 0 Å². The third kappa shape index (κ3) is 7.17. The summed E-state index contributed by atoms with van der Waals surface area (Å²) in [6.45, 7) is 1.05. The van der Waals surface area contributed by atoms with Crippen molar-refractivity contribution in [2.45, 2.75) is 6.36 Å². The van der Waals surface area contributed by atoms with Crippen LogP contribution < -0.4 is 30.7 Å². The SMILES string of the molecule is CNCCNC(=O)c1ccc(NC(=O)Nc2ccc(OC(F)(F)F)cc2)cc1OC. The highest BCUT2D eigenvalue weighted by molar-refractivity contribution is 6.01. The van der Waals surface area contributed by atoms with Crippen molar-refractivity contribution in [3.63, 3.8) is 0 Å². The number of halogens is 3. The van der Waals surface area contributed by atoms with Gasteiger partial charge in [0, 0.05) is 30.5 Å². The quantitative estimate of drug-likeness (QED) is 0.486. The van der Waals surface area contributed by atoms with E-state index in [0.717, 1.165) is 12.1 Å². The third-order valence-corrected chi connectivity index (χ3v) is 3.71. The minimum atomic E-state index is -4.79. The number of carbonyl (C=O) groups is 2. The van der Waals surface area contributed by atoms with Crippen LogP contribution in [0.25, 0.3) is 0 Å². The Morgan fingerprint density at radius 2 is 1.60 bits per heavy atom. The molecule has 0 bridgehead atoms. The first-order valence-electron chi connectivity index (χ1n) is 8.76. The molecule has 0 atom stereocenters. The number of carbonyl (C=O) groups excluding carboxylic acids is 2. The van der Waals surface area contributed by atoms with E-state index in [0.29, 0.717) is 24.3 Å². The molecule has 3 amide bonds. The van der Waals surface area contributed by atoms with E-state index in [9.17, 15) is 22.8 Å². The number of hydrogen-bond acceptors (Lipinski definition) is 5. The lowest BCUT2D eigenvalue weighted by molar-refractivity contribution is -0.274. The monoisotopic (exact) mass is 426 g/mol. The van der Waals surface area contributed by atoms with Crippen molar-refractivity contribution in [2.24, 2.45) is 0 Å². The highest BCUT2D eigenvalue weighted by atomic mass is 19.4. The molecule has 2 aromatic rings. The van der Waals surface area contributed by atoms with E-state index < -0.39 is 18.1 Å². The fourth-order valence-electron chi connectivity index (χ4n) is 2.39. The predicted octanol–water partition coefficient (Wildman–Crippen LogP) is 3.19. The van der Waals surface area contributed by atoms with Gasteiger partial charge >= 0.3 is 12.4 Å². The first-order valence-corrected chi connectivity index (χ1v) is 8.76. The molecule has 8 nitrogen and oxygen atoms in total. The zero-order chi connectivity index (χ0) is 22.1. The van der Waals surface area contributed by atoms with Crippen molar-refractivity contribution in [3.8, 4) is 11.5 Å². The van der Waals surface area contributed by atoms with Gasteiger partial charge in [0.05, 0.1) is 12.7 Å². The molecule has 0 saturated carbocycles. The van der Waals surface area contributed by atoms with Crippen LogP contribution in [0.2, 0.25) is 0 Å². The Hall–Kier alpha value is -3.47. The molecule has 0 aliphatic rings. The number of hydrogen-bond donors (Lipinski definition) is 4. The Labute approximate surface area is 170 Å². The van der Waals surface area contributed by atoms with Crippen LogP contribution in [0.15, 0.2) is 42.5 Å². The first kappa shape index (κ1) is 22.8. The third-order valence-electron chi connectivity index (χ3n) is 3.71. The minimum Gasteiger partial charge on any atom is -0.496 e. The summed E-state index contributed by atoms with van der Waals surface area (Å²) in [5.74, 6) is -0.454. The Kier molecular flexibility index (Phi) is 7.87. The normalized spacial score (nSPS) is 10.8. The molecule has 4 N–H and O–H groups in total. The number of likely N-dealkylation sites (N-methyl/N-ethyl adjacent to an activating group) is 1. The molecular formula is C19H21F3N4O4. The Balaban J connectivity index is 1.98. The van der Waals surface area contributed by atoms with Crippen molar-refractivity contribution in [3.05, 3.63) is 48.0 Å². The van der Waals surface area contributed by atoms with Gasteiger partial charge in [-0.3, -0.25) is 4.79 Å². The topological polar surface area (TPSA) is 101 Å². The second-order valence-electron chi connectivity index (χ2n) is 5.93. The van der Waals surface area contributed by atoms with Crippen molar-refractivity contribution >= 4 is 23.3 Å². The second-order valence-corrected chi connectivity index (χ2v) is 5.93. The number of urea groups is 1. The van der Waals surface area contributed by atoms with Gasteiger partial charge in [-0.2, -0.15) is 0 Å². The van der Waals surface area contributed by atoms with Crippen LogP contribution in [-0.4, -0.2) is 45.5 Å². The van der Waals surface area contributed by atoms with Crippen LogP contribution in [0.4, 0.5) is 29.3 Å². The molecule has 11 heteroatoms. The first-order chi connectivity index (χ1) is 14.2. The number of ether oxygens (including phenoxy) is 2. The molecular weight excluding hydrogens is 405 g/mol. The van der Waals surface area contributed by atoms with Crippen LogP contribution in [-0.2, 0) is 0 Å². The van der Waals surface area contributed by atoms with E-state index in [1.54, 1.807) is 7.05 Å². The minimum absolute atomic E-state index is 0.259. The Morgan fingerprint density at radius 3 is 2.20 bits per heavy atom. The summed E-state index contributed by atoms with van der Waals surface area (Å²) in [7, 11) is 3.16. The Morgan fingerprint density at radius 1 is 0.967 bits per heavy atom. The lowest BCUT2D eigenvalue weighted by atomic mass is 10.1. The molecule has 0 fully saturated rings. The molecule has 0 aliphatic carbocycles. The number of benzene rings is 2. The average molecular weight is 426 g/mol. The van der Waals surface area contributed by atoms with Crippen LogP contribution in [0.5, 0.6) is 11.5 Å². The molecule has 0 spiro atoms. The summed E-state index contributed by atoms with van der Waals surface area (Å²) in [5, 5.41) is 10.7. The van der Waals surface area contributed by atoms with Crippen molar-refractivity contribution in [2.75, 3.05) is 37.9 Å². The van der Waals surface area contributed by atoms with E-state index in [1.807, 2.05) is 0 Å². The van der Waals surface area contributed by atoms with Gasteiger partial charge in [0.15, 0.2) is 0 Å². The maximum absolute atomic E-state index is 12.2. The molecule has 0 saturated heterocycles. The van der Waals surface area contributed by atoms with Crippen molar-refractivity contribution < 1.29 is 32.2 Å². The maximum atomic E-state index is 12.2. The van der Waals surface area contributed by atoms with Gasteiger partial charge in [-0.1, -0.05) is 0 Å². The van der Waals surface area contributed by atoms with Gasteiger partial charge in [0.1, 0.15) is 11.5 Å². The fraction of sp³-hybridized carbons (Fsp3) is 0.263. The average Bonchev–Trinajstić information content (AvgIpc) is 2.68. The van der Waals surface area contributed by atoms with Crippen molar-refractivity contribution in [1.82, 2.24) is 10.6 Å². The molecule has 0 aliphatic heterocycles. The number of nitrogens with one attached hydrogen (secondary N) is 4. The number of rotatable bonds is 8. The number of anilines is 2. The van der Waals surface area contributed by atoms with Gasteiger partial charge in [-0.25, -0.2) is 4.79 Å².